The molecule has 126 valence electrons. The smallest absolute Gasteiger partial charge is 0.275 e. The molecule has 2 aromatic carbocycles. The molecule has 4 aromatic rings. The SMILES string of the molecule is Cc1ccc2[nH]c(C(=O)Nc3nc4c(C)c(C)ccc4s3)c(Cl)c2c1. The minimum absolute atomic E-state index is 0.285. The number of H-pyrrole nitrogens is 1. The maximum Gasteiger partial charge on any atom is 0.275 e. The van der Waals surface area contributed by atoms with E-state index in [9.17, 15) is 4.79 Å². The number of rotatable bonds is 2. The third-order valence-electron chi connectivity index (χ3n) is 4.42. The van der Waals surface area contributed by atoms with E-state index >= 15 is 0 Å². The molecule has 0 unspecified atom stereocenters. The number of anilines is 1. The van der Waals surface area contributed by atoms with Crippen molar-refractivity contribution in [3.05, 3.63) is 57.7 Å². The van der Waals surface area contributed by atoms with Crippen molar-refractivity contribution in [2.45, 2.75) is 20.8 Å². The Morgan fingerprint density at radius 2 is 2.00 bits per heavy atom. The van der Waals surface area contributed by atoms with Gasteiger partial charge in [-0.25, -0.2) is 4.98 Å². The van der Waals surface area contributed by atoms with Crippen LogP contribution in [0.15, 0.2) is 30.3 Å². The van der Waals surface area contributed by atoms with E-state index in [0.29, 0.717) is 15.8 Å². The molecule has 2 N–H and O–H groups in total. The molecule has 0 aliphatic heterocycles. The van der Waals surface area contributed by atoms with Gasteiger partial charge in [0.1, 0.15) is 5.69 Å². The van der Waals surface area contributed by atoms with Crippen molar-refractivity contribution in [3.8, 4) is 0 Å². The van der Waals surface area contributed by atoms with Gasteiger partial charge in [0.2, 0.25) is 0 Å². The first-order valence-corrected chi connectivity index (χ1v) is 9.09. The summed E-state index contributed by atoms with van der Waals surface area (Å²) in [7, 11) is 0. The molecule has 0 radical (unpaired) electrons. The van der Waals surface area contributed by atoms with Crippen molar-refractivity contribution in [2.75, 3.05) is 5.32 Å². The highest BCUT2D eigenvalue weighted by Crippen LogP contribution is 2.32. The first-order valence-electron chi connectivity index (χ1n) is 7.90. The lowest BCUT2D eigenvalue weighted by molar-refractivity contribution is 0.102. The summed E-state index contributed by atoms with van der Waals surface area (Å²) in [6.45, 7) is 6.09. The Hall–Kier alpha value is -2.37. The van der Waals surface area contributed by atoms with Gasteiger partial charge in [-0.2, -0.15) is 0 Å². The molecular weight excluding hydrogens is 354 g/mol. The largest absolute Gasteiger partial charge is 0.349 e. The van der Waals surface area contributed by atoms with E-state index in [1.54, 1.807) is 0 Å². The van der Waals surface area contributed by atoms with Crippen LogP contribution in [-0.4, -0.2) is 15.9 Å². The van der Waals surface area contributed by atoms with Gasteiger partial charge >= 0.3 is 0 Å². The van der Waals surface area contributed by atoms with Gasteiger partial charge in [0.05, 0.1) is 15.2 Å². The van der Waals surface area contributed by atoms with Crippen LogP contribution in [0.5, 0.6) is 0 Å². The molecule has 4 rings (SSSR count). The Morgan fingerprint density at radius 3 is 2.80 bits per heavy atom. The van der Waals surface area contributed by atoms with Crippen LogP contribution >= 0.6 is 22.9 Å². The van der Waals surface area contributed by atoms with Crippen LogP contribution in [0, 0.1) is 20.8 Å². The van der Waals surface area contributed by atoms with Crippen molar-refractivity contribution in [1.82, 2.24) is 9.97 Å². The summed E-state index contributed by atoms with van der Waals surface area (Å²) in [5.41, 5.74) is 5.54. The summed E-state index contributed by atoms with van der Waals surface area (Å²) < 4.78 is 1.05. The van der Waals surface area contributed by atoms with E-state index < -0.39 is 0 Å². The summed E-state index contributed by atoms with van der Waals surface area (Å²) in [5, 5.41) is 4.72. The number of thiazole rings is 1. The Morgan fingerprint density at radius 1 is 1.20 bits per heavy atom. The summed E-state index contributed by atoms with van der Waals surface area (Å²) in [6.07, 6.45) is 0. The van der Waals surface area contributed by atoms with Crippen molar-refractivity contribution >= 4 is 55.1 Å². The molecule has 1 amide bonds. The highest BCUT2D eigenvalue weighted by Gasteiger charge is 2.18. The normalized spacial score (nSPS) is 11.4. The van der Waals surface area contributed by atoms with Crippen molar-refractivity contribution in [3.63, 3.8) is 0 Å². The summed E-state index contributed by atoms with van der Waals surface area (Å²) in [4.78, 5) is 20.3. The van der Waals surface area contributed by atoms with Crippen molar-refractivity contribution in [2.24, 2.45) is 0 Å². The van der Waals surface area contributed by atoms with Gasteiger partial charge in [0, 0.05) is 10.9 Å². The second kappa shape index (κ2) is 5.86. The number of aromatic amines is 1. The minimum atomic E-state index is -0.285. The quantitative estimate of drug-likeness (QED) is 0.482. The maximum atomic E-state index is 12.7. The highest BCUT2D eigenvalue weighted by molar-refractivity contribution is 7.22. The first-order chi connectivity index (χ1) is 11.9. The predicted octanol–water partition coefficient (Wildman–Crippen LogP) is 5.61. The second-order valence-corrected chi connectivity index (χ2v) is 7.60. The van der Waals surface area contributed by atoms with Crippen molar-refractivity contribution in [1.29, 1.82) is 0 Å². The Kier molecular flexibility index (Phi) is 3.78. The Labute approximate surface area is 153 Å². The topological polar surface area (TPSA) is 57.8 Å². The number of hydrogen-bond acceptors (Lipinski definition) is 3. The second-order valence-electron chi connectivity index (χ2n) is 6.19. The van der Waals surface area contributed by atoms with Crippen LogP contribution < -0.4 is 5.32 Å². The molecule has 0 saturated carbocycles. The molecule has 2 heterocycles. The van der Waals surface area contributed by atoms with E-state index in [1.165, 1.54) is 16.9 Å². The monoisotopic (exact) mass is 369 g/mol. The van der Waals surface area contributed by atoms with Crippen LogP contribution in [0.2, 0.25) is 5.02 Å². The summed E-state index contributed by atoms with van der Waals surface area (Å²) in [5.74, 6) is -0.285. The van der Waals surface area contributed by atoms with Gasteiger partial charge in [-0.1, -0.05) is 40.6 Å². The molecule has 2 aromatic heterocycles. The van der Waals surface area contributed by atoms with Gasteiger partial charge in [-0.05, 0) is 50.1 Å². The number of aromatic nitrogens is 2. The molecule has 0 aliphatic rings. The number of nitrogens with one attached hydrogen (secondary N) is 2. The van der Waals surface area contributed by atoms with Crippen LogP contribution in [0.1, 0.15) is 27.2 Å². The summed E-state index contributed by atoms with van der Waals surface area (Å²) in [6, 6.07) is 9.98. The number of nitrogens with zero attached hydrogens (tertiary/aromatic N) is 1. The minimum Gasteiger partial charge on any atom is -0.349 e. The fourth-order valence-corrected chi connectivity index (χ4v) is 4.08. The number of halogens is 1. The fraction of sp³-hybridized carbons (Fsp3) is 0.158. The first kappa shape index (κ1) is 16.1. The number of carbonyl (C=O) groups excluding carboxylic acids is 1. The van der Waals surface area contributed by atoms with Crippen LogP contribution in [0.4, 0.5) is 5.13 Å². The Bertz CT molecular complexity index is 1140. The van der Waals surface area contributed by atoms with Gasteiger partial charge in [0.15, 0.2) is 5.13 Å². The molecule has 0 bridgehead atoms. The van der Waals surface area contributed by atoms with Crippen LogP contribution in [0.3, 0.4) is 0 Å². The lowest BCUT2D eigenvalue weighted by Gasteiger charge is -2.00. The Balaban J connectivity index is 1.70. The number of benzene rings is 2. The zero-order chi connectivity index (χ0) is 17.7. The molecule has 0 saturated heterocycles. The van der Waals surface area contributed by atoms with E-state index in [-0.39, 0.29) is 5.91 Å². The zero-order valence-electron chi connectivity index (χ0n) is 14.0. The lowest BCUT2D eigenvalue weighted by atomic mass is 10.1. The molecule has 25 heavy (non-hydrogen) atoms. The van der Waals surface area contributed by atoms with Gasteiger partial charge in [-0.15, -0.1) is 0 Å². The third-order valence-corrected chi connectivity index (χ3v) is 5.75. The fourth-order valence-electron chi connectivity index (χ4n) is 2.87. The highest BCUT2D eigenvalue weighted by atomic mass is 35.5. The molecular formula is C19H16ClN3OS. The average molecular weight is 370 g/mol. The van der Waals surface area contributed by atoms with Gasteiger partial charge in [0.25, 0.3) is 5.91 Å². The number of aryl methyl sites for hydroxylation is 3. The molecule has 0 atom stereocenters. The van der Waals surface area contributed by atoms with E-state index in [2.05, 4.69) is 28.3 Å². The summed E-state index contributed by atoms with van der Waals surface area (Å²) >= 11 is 7.86. The molecule has 6 heteroatoms. The molecule has 0 fully saturated rings. The maximum absolute atomic E-state index is 12.7. The number of hydrogen-bond donors (Lipinski definition) is 2. The van der Waals surface area contributed by atoms with E-state index in [1.807, 2.05) is 38.1 Å². The standard InChI is InChI=1S/C19H16ClN3OS/c1-9-4-6-13-12(8-9)15(20)17(21-13)18(24)23-19-22-16-11(3)10(2)5-7-14(16)25-19/h4-8,21H,1-3H3,(H,22,23,24). The van der Waals surface area contributed by atoms with Gasteiger partial charge < -0.3 is 4.98 Å². The lowest BCUT2D eigenvalue weighted by Crippen LogP contribution is -2.12. The molecule has 0 aliphatic carbocycles. The number of amides is 1. The van der Waals surface area contributed by atoms with E-state index in [4.69, 9.17) is 11.6 Å². The molecule has 0 spiro atoms. The van der Waals surface area contributed by atoms with Crippen molar-refractivity contribution < 1.29 is 4.79 Å². The number of fused-ring (bicyclic) bond motifs is 2. The zero-order valence-corrected chi connectivity index (χ0v) is 15.6. The third kappa shape index (κ3) is 2.69. The van der Waals surface area contributed by atoms with Crippen LogP contribution in [0.25, 0.3) is 21.1 Å². The van der Waals surface area contributed by atoms with E-state index in [0.717, 1.165) is 32.2 Å². The molecule has 4 nitrogen and oxygen atoms in total. The van der Waals surface area contributed by atoms with Gasteiger partial charge in [-0.3, -0.25) is 10.1 Å². The average Bonchev–Trinajstić information content (AvgIpc) is 3.13. The number of carbonyl (C=O) groups is 1. The predicted molar refractivity (Wildman–Crippen MR) is 105 cm³/mol. The van der Waals surface area contributed by atoms with Crippen LogP contribution in [-0.2, 0) is 0 Å².